The Morgan fingerprint density at radius 1 is 0.938 bits per heavy atom. The number of hydrogen-bond donors (Lipinski definition) is 0. The quantitative estimate of drug-likeness (QED) is 0.457. The minimum atomic E-state index is -4.53. The number of allylic oxidation sites excluding steroid dienone is 3. The van der Waals surface area contributed by atoms with E-state index >= 15 is 0 Å². The van der Waals surface area contributed by atoms with Crippen molar-refractivity contribution in [1.82, 2.24) is 0 Å². The molecule has 0 N–H and O–H groups in total. The summed E-state index contributed by atoms with van der Waals surface area (Å²) in [7, 11) is -2.48. The number of thioether (sulfide) groups is 1. The zero-order chi connectivity index (χ0) is 22.3. The van der Waals surface area contributed by atoms with Gasteiger partial charge in [0, 0.05) is 0 Å². The van der Waals surface area contributed by atoms with Gasteiger partial charge in [-0.1, -0.05) is 0 Å². The summed E-state index contributed by atoms with van der Waals surface area (Å²) >= 11 is -0.797. The van der Waals surface area contributed by atoms with Crippen molar-refractivity contribution < 1.29 is 27.6 Å². The average Bonchev–Trinajstić information content (AvgIpc) is 3.10. The summed E-state index contributed by atoms with van der Waals surface area (Å²) in [5, 5.41) is 2.01. The molecule has 0 saturated carbocycles. The summed E-state index contributed by atoms with van der Waals surface area (Å²) in [5.74, 6) is 0. The number of halogens is 1. The molecule has 2 aliphatic rings. The number of para-hydroxylation sites is 1. The van der Waals surface area contributed by atoms with Crippen molar-refractivity contribution >= 4 is 41.3 Å². The molecule has 162 valence electrons. The van der Waals surface area contributed by atoms with Gasteiger partial charge in [0.1, 0.15) is 0 Å². The molecule has 3 aromatic carbocycles. The molecular weight excluding hydrogens is 513 g/mol. The summed E-state index contributed by atoms with van der Waals surface area (Å²) in [6.07, 6.45) is 6.12. The van der Waals surface area contributed by atoms with E-state index < -0.39 is 24.0 Å². The predicted molar refractivity (Wildman–Crippen MR) is 118 cm³/mol. The van der Waals surface area contributed by atoms with Crippen LogP contribution in [-0.4, -0.2) is 20.8 Å². The molecule has 1 unspecified atom stereocenters. The minimum absolute atomic E-state index is 0.769. The van der Waals surface area contributed by atoms with Gasteiger partial charge in [-0.15, -0.1) is 0 Å². The van der Waals surface area contributed by atoms with E-state index in [0.29, 0.717) is 0 Å². The van der Waals surface area contributed by atoms with Crippen molar-refractivity contribution in [2.75, 3.05) is 11.9 Å². The summed E-state index contributed by atoms with van der Waals surface area (Å²) in [6.45, 7) is 0. The third kappa shape index (κ3) is 4.10. The molecule has 0 saturated heterocycles. The summed E-state index contributed by atoms with van der Waals surface area (Å²) in [6, 6.07) is 23.3. The Kier molecular flexibility index (Phi) is 5.84. The first kappa shape index (κ1) is 21.6. The van der Waals surface area contributed by atoms with E-state index in [1.54, 1.807) is 11.8 Å². The van der Waals surface area contributed by atoms with Crippen molar-refractivity contribution in [2.24, 2.45) is 0 Å². The second kappa shape index (κ2) is 8.63. The molecule has 32 heavy (non-hydrogen) atoms. The molecule has 2 heterocycles. The van der Waals surface area contributed by atoms with Crippen LogP contribution in [0.5, 0.6) is 0 Å². The Balaban J connectivity index is 1.62. The summed E-state index contributed by atoms with van der Waals surface area (Å²) in [5.41, 5.74) is 3.04. The van der Waals surface area contributed by atoms with E-state index in [0.717, 1.165) is 29.9 Å². The Bertz CT molecular complexity index is 1400. The molecule has 5 rings (SSSR count). The number of fused-ring (bicyclic) bond motifs is 3. The van der Waals surface area contributed by atoms with E-state index in [1.807, 2.05) is 79.9 Å². The fourth-order valence-electron chi connectivity index (χ4n) is 3.78. The molecule has 0 aromatic heterocycles. The van der Waals surface area contributed by atoms with Gasteiger partial charge in [-0.3, -0.25) is 0 Å². The molecule has 1 atom stereocenters. The number of nitrogens with zero attached hydrogens (tertiary/aromatic N) is 1. The zero-order valence-corrected chi connectivity index (χ0v) is 20.2. The molecule has 5 nitrogen and oxygen atoms in total. The average molecular weight is 531 g/mol. The van der Waals surface area contributed by atoms with Crippen LogP contribution in [-0.2, 0) is 3.37 Å². The molecule has 0 aliphatic carbocycles. The van der Waals surface area contributed by atoms with Crippen LogP contribution < -0.4 is 28.6 Å². The molecule has 3 aromatic rings. The fraction of sp³-hybridized carbons (Fsp3) is 0.0417. The van der Waals surface area contributed by atoms with Gasteiger partial charge in [-0.25, -0.2) is 0 Å². The zero-order valence-electron chi connectivity index (χ0n) is 16.9. The molecule has 0 amide bonds. The van der Waals surface area contributed by atoms with E-state index in [2.05, 4.69) is 23.1 Å². The maximum absolute atomic E-state index is 11.4. The monoisotopic (exact) mass is 531 g/mol. The van der Waals surface area contributed by atoms with Crippen molar-refractivity contribution in [3.05, 3.63) is 111 Å². The molecule has 0 spiro atoms. The van der Waals surface area contributed by atoms with E-state index in [9.17, 15) is 14.0 Å². The van der Waals surface area contributed by atoms with Crippen LogP contribution in [0.2, 0.25) is 0 Å². The second-order valence-corrected chi connectivity index (χ2v) is 12.8. The molecule has 0 bridgehead atoms. The second-order valence-electron chi connectivity index (χ2n) is 7.11. The third-order valence-corrected chi connectivity index (χ3v) is 11.6. The van der Waals surface area contributed by atoms with E-state index in [4.69, 9.17) is 3.37 Å². The van der Waals surface area contributed by atoms with Crippen LogP contribution >= 0.6 is 11.8 Å². The van der Waals surface area contributed by atoms with Crippen LogP contribution in [0.1, 0.15) is 5.56 Å². The fourth-order valence-corrected chi connectivity index (χ4v) is 9.89. The van der Waals surface area contributed by atoms with Crippen LogP contribution in [0.15, 0.2) is 101 Å². The maximum atomic E-state index is 11.4. The van der Waals surface area contributed by atoms with Gasteiger partial charge in [0.05, 0.1) is 0 Å². The van der Waals surface area contributed by atoms with Crippen LogP contribution in [0, 0.1) is 14.3 Å². The Labute approximate surface area is 196 Å². The first-order chi connectivity index (χ1) is 15.4. The van der Waals surface area contributed by atoms with Crippen LogP contribution in [0.3, 0.4) is 0 Å². The summed E-state index contributed by atoms with van der Waals surface area (Å²) in [4.78, 5) is 3.38. The molecular formula is C24H18ClNO4SSe. The third-order valence-electron chi connectivity index (χ3n) is 5.17. The van der Waals surface area contributed by atoms with Gasteiger partial charge in [0.25, 0.3) is 0 Å². The van der Waals surface area contributed by atoms with E-state index in [-0.39, 0.29) is 0 Å². The van der Waals surface area contributed by atoms with Crippen molar-refractivity contribution in [3.63, 3.8) is 0 Å². The number of anilines is 1. The van der Waals surface area contributed by atoms with Crippen molar-refractivity contribution in [1.29, 1.82) is 0 Å². The van der Waals surface area contributed by atoms with Gasteiger partial charge in [0.15, 0.2) is 0 Å². The van der Waals surface area contributed by atoms with Crippen LogP contribution in [0.25, 0.3) is 5.57 Å². The Morgan fingerprint density at radius 3 is 2.47 bits per heavy atom. The molecule has 2 aliphatic heterocycles. The Morgan fingerprint density at radius 2 is 1.66 bits per heavy atom. The number of hydrogen-bond acceptors (Lipinski definition) is 6. The molecule has 0 radical (unpaired) electrons. The SMILES string of the molecule is CN1/C(=C\C=C\C2=c3ccccc3=[Se](O[Cl+3]([O-])([O-])[O-])c3ccccc32)Sc2ccccc21. The normalized spacial score (nSPS) is 18.8. The van der Waals surface area contributed by atoms with Gasteiger partial charge >= 0.3 is 197 Å². The van der Waals surface area contributed by atoms with Gasteiger partial charge in [-0.05, 0) is 0 Å². The molecule has 8 heteroatoms. The molecule has 0 fully saturated rings. The van der Waals surface area contributed by atoms with Crippen molar-refractivity contribution in [2.45, 2.75) is 4.90 Å². The number of rotatable bonds is 4. The topological polar surface area (TPSA) is 81.7 Å². The van der Waals surface area contributed by atoms with Gasteiger partial charge < -0.3 is 0 Å². The van der Waals surface area contributed by atoms with Gasteiger partial charge in [-0.2, -0.15) is 0 Å². The first-order valence-corrected chi connectivity index (χ1v) is 14.2. The van der Waals surface area contributed by atoms with Gasteiger partial charge in [0.2, 0.25) is 0 Å². The summed E-state index contributed by atoms with van der Waals surface area (Å²) < 4.78 is 40.9. The Hall–Kier alpha value is -2.19. The predicted octanol–water partition coefficient (Wildman–Crippen LogP) is 0.484. The van der Waals surface area contributed by atoms with Crippen molar-refractivity contribution in [3.8, 4) is 0 Å². The standard InChI is InChI=1S/C24H18ClNO4SSe/c1-26-20-12-4-5-13-21(20)31-24(26)16-8-11-17-18-9-2-6-14-22(18)32(30-25(27,28)29)23-15-7-3-10-19(17)23/h2-16H,1H3/b11-8+,24-16+. The number of benzene rings is 3. The first-order valence-electron chi connectivity index (χ1n) is 9.72. The van der Waals surface area contributed by atoms with E-state index in [1.165, 1.54) is 10.6 Å². The van der Waals surface area contributed by atoms with Crippen LogP contribution in [0.4, 0.5) is 5.69 Å².